The lowest BCUT2D eigenvalue weighted by Crippen LogP contribution is -2.49. The van der Waals surface area contributed by atoms with E-state index in [4.69, 9.17) is 11.6 Å². The number of amides is 2. The maximum absolute atomic E-state index is 12.6. The maximum Gasteiger partial charge on any atom is 0.267 e. The van der Waals surface area contributed by atoms with Crippen LogP contribution in [0.4, 0.5) is 10.9 Å². The van der Waals surface area contributed by atoms with Gasteiger partial charge in [-0.25, -0.2) is 9.97 Å². The topological polar surface area (TPSA) is 78.4 Å². The zero-order valence-electron chi connectivity index (χ0n) is 15.4. The predicted molar refractivity (Wildman–Crippen MR) is 116 cm³/mol. The molecule has 1 N–H and O–H groups in total. The lowest BCUT2D eigenvalue weighted by atomic mass is 10.2. The van der Waals surface area contributed by atoms with Gasteiger partial charge in [0.2, 0.25) is 5.91 Å². The SMILES string of the molecule is O=C(Nc1nc(CC(=O)N2CCN(c3ccc(Cl)cn3)CC2)cs1)c1cccs1. The molecule has 29 heavy (non-hydrogen) atoms. The molecule has 1 aliphatic rings. The molecule has 0 aliphatic carbocycles. The first-order chi connectivity index (χ1) is 14.1. The third-order valence-corrected chi connectivity index (χ3v) is 6.42. The van der Waals surface area contributed by atoms with Crippen LogP contribution in [0.1, 0.15) is 15.4 Å². The Labute approximate surface area is 181 Å². The summed E-state index contributed by atoms with van der Waals surface area (Å²) in [6.07, 6.45) is 1.86. The van der Waals surface area contributed by atoms with Crippen LogP contribution in [-0.2, 0) is 11.2 Å². The van der Waals surface area contributed by atoms with Gasteiger partial charge in [0.05, 0.1) is 22.0 Å². The van der Waals surface area contributed by atoms with Crippen molar-refractivity contribution < 1.29 is 9.59 Å². The molecule has 0 radical (unpaired) electrons. The number of piperazine rings is 1. The maximum atomic E-state index is 12.6. The summed E-state index contributed by atoms with van der Waals surface area (Å²) in [4.78, 5) is 38.0. The van der Waals surface area contributed by atoms with Gasteiger partial charge in [-0.2, -0.15) is 0 Å². The van der Waals surface area contributed by atoms with Crippen molar-refractivity contribution in [3.63, 3.8) is 0 Å². The van der Waals surface area contributed by atoms with Crippen molar-refractivity contribution in [1.82, 2.24) is 14.9 Å². The number of halogens is 1. The molecular weight excluding hydrogens is 430 g/mol. The zero-order chi connectivity index (χ0) is 20.2. The summed E-state index contributed by atoms with van der Waals surface area (Å²) in [5.74, 6) is 0.724. The van der Waals surface area contributed by atoms with E-state index in [1.54, 1.807) is 12.3 Å². The van der Waals surface area contributed by atoms with Gasteiger partial charge in [-0.1, -0.05) is 17.7 Å². The summed E-state index contributed by atoms with van der Waals surface area (Å²) in [5, 5.41) is 7.56. The highest BCUT2D eigenvalue weighted by Crippen LogP contribution is 2.20. The van der Waals surface area contributed by atoms with E-state index < -0.39 is 0 Å². The van der Waals surface area contributed by atoms with Crippen molar-refractivity contribution in [1.29, 1.82) is 0 Å². The Kier molecular flexibility index (Phi) is 6.08. The standard InChI is InChI=1S/C19H18ClN5O2S2/c20-13-3-4-16(21-11-13)24-5-7-25(8-6-24)17(26)10-14-12-29-19(22-14)23-18(27)15-2-1-9-28-15/h1-4,9,11-12H,5-8,10H2,(H,22,23,27). The summed E-state index contributed by atoms with van der Waals surface area (Å²) in [7, 11) is 0. The molecular formula is C19H18ClN5O2S2. The Balaban J connectivity index is 1.28. The number of hydrogen-bond acceptors (Lipinski definition) is 7. The molecule has 1 fully saturated rings. The number of hydrogen-bond donors (Lipinski definition) is 1. The zero-order valence-corrected chi connectivity index (χ0v) is 17.8. The molecule has 4 heterocycles. The summed E-state index contributed by atoms with van der Waals surface area (Å²) in [6.45, 7) is 2.71. The molecule has 0 saturated carbocycles. The van der Waals surface area contributed by atoms with Crippen LogP contribution in [0.15, 0.2) is 41.2 Å². The molecule has 0 aromatic carbocycles. The molecule has 2 amide bonds. The second kappa shape index (κ2) is 8.89. The number of carbonyl (C=O) groups excluding carboxylic acids is 2. The van der Waals surface area contributed by atoms with Gasteiger partial charge in [0.25, 0.3) is 5.91 Å². The van der Waals surface area contributed by atoms with Crippen LogP contribution in [0.5, 0.6) is 0 Å². The van der Waals surface area contributed by atoms with Crippen LogP contribution in [0.3, 0.4) is 0 Å². The molecule has 3 aromatic heterocycles. The Bertz CT molecular complexity index is 982. The number of nitrogens with one attached hydrogen (secondary N) is 1. The van der Waals surface area contributed by atoms with Crippen molar-refractivity contribution in [3.05, 3.63) is 56.8 Å². The lowest BCUT2D eigenvalue weighted by molar-refractivity contribution is -0.130. The number of aromatic nitrogens is 2. The molecule has 7 nitrogen and oxygen atoms in total. The smallest absolute Gasteiger partial charge is 0.267 e. The van der Waals surface area contributed by atoms with Gasteiger partial charge >= 0.3 is 0 Å². The number of pyridine rings is 1. The summed E-state index contributed by atoms with van der Waals surface area (Å²) in [6, 6.07) is 7.30. The molecule has 1 saturated heterocycles. The number of nitrogens with zero attached hydrogens (tertiary/aromatic N) is 4. The van der Waals surface area contributed by atoms with Crippen LogP contribution in [0, 0.1) is 0 Å². The van der Waals surface area contributed by atoms with Crippen molar-refractivity contribution in [2.24, 2.45) is 0 Å². The van der Waals surface area contributed by atoms with Crippen LogP contribution in [0.2, 0.25) is 5.02 Å². The van der Waals surface area contributed by atoms with E-state index in [-0.39, 0.29) is 18.2 Å². The lowest BCUT2D eigenvalue weighted by Gasteiger charge is -2.35. The molecule has 150 valence electrons. The number of rotatable bonds is 5. The first-order valence-corrected chi connectivity index (χ1v) is 11.2. The fourth-order valence-corrected chi connectivity index (χ4v) is 4.45. The van der Waals surface area contributed by atoms with E-state index >= 15 is 0 Å². The Morgan fingerprint density at radius 3 is 2.66 bits per heavy atom. The molecule has 10 heteroatoms. The summed E-state index contributed by atoms with van der Waals surface area (Å²) >= 11 is 8.59. The first kappa shape index (κ1) is 19.8. The largest absolute Gasteiger partial charge is 0.353 e. The highest BCUT2D eigenvalue weighted by molar-refractivity contribution is 7.14. The van der Waals surface area contributed by atoms with E-state index in [0.717, 1.165) is 18.9 Å². The molecule has 0 spiro atoms. The van der Waals surface area contributed by atoms with Gasteiger partial charge in [0.1, 0.15) is 5.82 Å². The number of thiazole rings is 1. The Morgan fingerprint density at radius 2 is 1.97 bits per heavy atom. The van der Waals surface area contributed by atoms with Gasteiger partial charge in [0.15, 0.2) is 5.13 Å². The third-order valence-electron chi connectivity index (χ3n) is 4.52. The Hall–Kier alpha value is -2.49. The number of anilines is 2. The molecule has 0 bridgehead atoms. The number of carbonyl (C=O) groups is 2. The van der Waals surface area contributed by atoms with Crippen molar-refractivity contribution in [3.8, 4) is 0 Å². The van der Waals surface area contributed by atoms with Crippen LogP contribution < -0.4 is 10.2 Å². The number of thiophene rings is 1. The fraction of sp³-hybridized carbons (Fsp3) is 0.263. The van der Waals surface area contributed by atoms with Gasteiger partial charge in [-0.15, -0.1) is 22.7 Å². The molecule has 0 atom stereocenters. The monoisotopic (exact) mass is 447 g/mol. The highest BCUT2D eigenvalue weighted by atomic mass is 35.5. The van der Waals surface area contributed by atoms with Crippen molar-refractivity contribution in [2.45, 2.75) is 6.42 Å². The van der Waals surface area contributed by atoms with E-state index in [1.165, 1.54) is 22.7 Å². The molecule has 1 aliphatic heterocycles. The summed E-state index contributed by atoms with van der Waals surface area (Å²) < 4.78 is 0. The Morgan fingerprint density at radius 1 is 1.14 bits per heavy atom. The van der Waals surface area contributed by atoms with Crippen molar-refractivity contribution >= 4 is 57.0 Å². The average molecular weight is 448 g/mol. The predicted octanol–water partition coefficient (Wildman–Crippen LogP) is 3.40. The van der Waals surface area contributed by atoms with Crippen molar-refractivity contribution in [2.75, 3.05) is 36.4 Å². The van der Waals surface area contributed by atoms with Crippen LogP contribution in [0.25, 0.3) is 0 Å². The minimum absolute atomic E-state index is 0.0372. The normalized spacial score (nSPS) is 14.1. The van der Waals surface area contributed by atoms with E-state index in [1.807, 2.05) is 33.9 Å². The second-order valence-electron chi connectivity index (χ2n) is 6.45. The molecule has 3 aromatic rings. The minimum Gasteiger partial charge on any atom is -0.353 e. The molecule has 4 rings (SSSR count). The fourth-order valence-electron chi connectivity index (χ4n) is 3.02. The van der Waals surface area contributed by atoms with Gasteiger partial charge in [-0.05, 0) is 23.6 Å². The van der Waals surface area contributed by atoms with Gasteiger partial charge in [-0.3, -0.25) is 14.9 Å². The third kappa shape index (κ3) is 4.92. The van der Waals surface area contributed by atoms with E-state index in [0.29, 0.717) is 33.8 Å². The van der Waals surface area contributed by atoms with E-state index in [2.05, 4.69) is 20.2 Å². The van der Waals surface area contributed by atoms with Crippen LogP contribution >= 0.6 is 34.3 Å². The van der Waals surface area contributed by atoms with Crippen LogP contribution in [-0.4, -0.2) is 52.9 Å². The van der Waals surface area contributed by atoms with E-state index in [9.17, 15) is 9.59 Å². The first-order valence-electron chi connectivity index (χ1n) is 9.02. The van der Waals surface area contributed by atoms with Gasteiger partial charge < -0.3 is 9.80 Å². The second-order valence-corrected chi connectivity index (χ2v) is 8.70. The average Bonchev–Trinajstić information content (AvgIpc) is 3.41. The van der Waals surface area contributed by atoms with Gasteiger partial charge in [0, 0.05) is 37.8 Å². The summed E-state index contributed by atoms with van der Waals surface area (Å²) in [5.41, 5.74) is 0.670. The minimum atomic E-state index is -0.181. The quantitative estimate of drug-likeness (QED) is 0.648. The molecule has 0 unspecified atom stereocenters. The highest BCUT2D eigenvalue weighted by Gasteiger charge is 2.22.